The van der Waals surface area contributed by atoms with E-state index in [4.69, 9.17) is 0 Å². The third-order valence-electron chi connectivity index (χ3n) is 1.90. The number of rotatable bonds is 4. The van der Waals surface area contributed by atoms with Crippen molar-refractivity contribution in [3.8, 4) is 0 Å². The molecule has 1 aromatic heterocycles. The van der Waals surface area contributed by atoms with Crippen molar-refractivity contribution in [3.05, 3.63) is 34.1 Å². The standard InChI is InChI=1S/C10H9F3N2OS2/c1-17-8(18-2)3-7(16)6-4-14-5-15-9(6)10(11,12)13/h3-5H,1-2H3. The van der Waals surface area contributed by atoms with Gasteiger partial charge in [-0.3, -0.25) is 4.79 Å². The molecule has 1 heterocycles. The minimum atomic E-state index is -4.67. The Balaban J connectivity index is 3.18. The number of carbonyl (C=O) groups excluding carboxylic acids is 1. The Morgan fingerprint density at radius 1 is 1.33 bits per heavy atom. The first-order valence-corrected chi connectivity index (χ1v) is 7.06. The fourth-order valence-corrected chi connectivity index (χ4v) is 2.24. The van der Waals surface area contributed by atoms with Crippen molar-refractivity contribution in [3.63, 3.8) is 0 Å². The average molecular weight is 294 g/mol. The summed E-state index contributed by atoms with van der Waals surface area (Å²) in [5.74, 6) is -0.748. The third-order valence-corrected chi connectivity index (χ3v) is 3.94. The Morgan fingerprint density at radius 3 is 2.44 bits per heavy atom. The number of aromatic nitrogens is 2. The zero-order valence-electron chi connectivity index (χ0n) is 9.49. The lowest BCUT2D eigenvalue weighted by molar-refractivity contribution is -0.141. The van der Waals surface area contributed by atoms with Crippen LogP contribution in [0.1, 0.15) is 16.1 Å². The minimum Gasteiger partial charge on any atom is -0.289 e. The summed E-state index contributed by atoms with van der Waals surface area (Å²) >= 11 is 2.57. The smallest absolute Gasteiger partial charge is 0.289 e. The van der Waals surface area contributed by atoms with E-state index in [1.807, 2.05) is 0 Å². The van der Waals surface area contributed by atoms with Gasteiger partial charge >= 0.3 is 6.18 Å². The van der Waals surface area contributed by atoms with E-state index in [-0.39, 0.29) is 0 Å². The predicted molar refractivity (Wildman–Crippen MR) is 66.5 cm³/mol. The highest BCUT2D eigenvalue weighted by atomic mass is 32.2. The topological polar surface area (TPSA) is 42.9 Å². The zero-order chi connectivity index (χ0) is 13.8. The van der Waals surface area contributed by atoms with Crippen LogP contribution in [0.5, 0.6) is 0 Å². The summed E-state index contributed by atoms with van der Waals surface area (Å²) in [6.45, 7) is 0. The monoisotopic (exact) mass is 294 g/mol. The molecule has 0 aliphatic rings. The van der Waals surface area contributed by atoms with Gasteiger partial charge in [0.05, 0.1) is 5.56 Å². The second kappa shape index (κ2) is 6.24. The van der Waals surface area contributed by atoms with Gasteiger partial charge in [-0.25, -0.2) is 9.97 Å². The van der Waals surface area contributed by atoms with Crippen molar-refractivity contribution < 1.29 is 18.0 Å². The van der Waals surface area contributed by atoms with Crippen LogP contribution >= 0.6 is 23.5 Å². The molecule has 0 aliphatic carbocycles. The number of hydrogen-bond donors (Lipinski definition) is 0. The summed E-state index contributed by atoms with van der Waals surface area (Å²) in [6.07, 6.45) is 1.62. The fourth-order valence-electron chi connectivity index (χ4n) is 1.12. The molecule has 0 saturated carbocycles. The average Bonchev–Trinajstić information content (AvgIpc) is 2.34. The summed E-state index contributed by atoms with van der Waals surface area (Å²) in [5.41, 5.74) is -1.74. The Bertz CT molecular complexity index is 468. The number of nitrogens with zero attached hydrogens (tertiary/aromatic N) is 2. The van der Waals surface area contributed by atoms with Crippen LogP contribution in [0.25, 0.3) is 0 Å². The number of hydrogen-bond acceptors (Lipinski definition) is 5. The molecule has 0 spiro atoms. The Morgan fingerprint density at radius 2 is 1.94 bits per heavy atom. The first-order valence-electron chi connectivity index (χ1n) is 4.61. The summed E-state index contributed by atoms with van der Waals surface area (Å²) in [5, 5.41) is 0. The van der Waals surface area contributed by atoms with E-state index in [9.17, 15) is 18.0 Å². The maximum Gasteiger partial charge on any atom is 0.434 e. The zero-order valence-corrected chi connectivity index (χ0v) is 11.1. The van der Waals surface area contributed by atoms with E-state index in [1.165, 1.54) is 23.5 Å². The predicted octanol–water partition coefficient (Wildman–Crippen LogP) is 3.25. The molecule has 1 aromatic rings. The molecule has 0 aliphatic heterocycles. The Labute approximate surface area is 110 Å². The molecule has 0 fully saturated rings. The summed E-state index contributed by atoms with van der Waals surface area (Å²) in [7, 11) is 0. The fraction of sp³-hybridized carbons (Fsp3) is 0.300. The minimum absolute atomic E-state index is 0.536. The summed E-state index contributed by atoms with van der Waals surface area (Å²) < 4.78 is 38.5. The summed E-state index contributed by atoms with van der Waals surface area (Å²) in [4.78, 5) is 18.4. The van der Waals surface area contributed by atoms with E-state index in [0.717, 1.165) is 18.6 Å². The van der Waals surface area contributed by atoms with Gasteiger partial charge in [-0.15, -0.1) is 23.5 Å². The van der Waals surface area contributed by atoms with Gasteiger partial charge in [0.15, 0.2) is 11.5 Å². The van der Waals surface area contributed by atoms with Crippen molar-refractivity contribution in [2.45, 2.75) is 6.18 Å². The first-order chi connectivity index (χ1) is 8.40. The number of thioether (sulfide) groups is 2. The van der Waals surface area contributed by atoms with Gasteiger partial charge in [-0.2, -0.15) is 13.2 Å². The molecular formula is C10H9F3N2OS2. The van der Waals surface area contributed by atoms with E-state index in [0.29, 0.717) is 4.24 Å². The highest BCUT2D eigenvalue weighted by Gasteiger charge is 2.36. The van der Waals surface area contributed by atoms with Crippen LogP contribution in [0.2, 0.25) is 0 Å². The molecule has 0 atom stereocenters. The lowest BCUT2D eigenvalue weighted by Crippen LogP contribution is -2.15. The molecule has 0 bridgehead atoms. The third kappa shape index (κ3) is 3.74. The van der Waals surface area contributed by atoms with Gasteiger partial charge in [0.2, 0.25) is 0 Å². The highest BCUT2D eigenvalue weighted by molar-refractivity contribution is 8.21. The second-order valence-corrected chi connectivity index (χ2v) is 4.97. The van der Waals surface area contributed by atoms with Gasteiger partial charge < -0.3 is 0 Å². The van der Waals surface area contributed by atoms with Gasteiger partial charge in [0.25, 0.3) is 0 Å². The Kier molecular flexibility index (Phi) is 5.21. The molecule has 8 heteroatoms. The number of halogens is 3. The highest BCUT2D eigenvalue weighted by Crippen LogP contribution is 2.31. The maximum absolute atomic E-state index is 12.6. The van der Waals surface area contributed by atoms with Crippen molar-refractivity contribution in [2.24, 2.45) is 0 Å². The van der Waals surface area contributed by atoms with Gasteiger partial charge in [0.1, 0.15) is 6.33 Å². The van der Waals surface area contributed by atoms with Gasteiger partial charge in [0, 0.05) is 16.5 Å². The van der Waals surface area contributed by atoms with E-state index in [2.05, 4.69) is 9.97 Å². The van der Waals surface area contributed by atoms with E-state index in [1.54, 1.807) is 12.5 Å². The molecule has 0 unspecified atom stereocenters. The van der Waals surface area contributed by atoms with Crippen LogP contribution in [-0.4, -0.2) is 28.3 Å². The number of ketones is 1. The number of allylic oxidation sites excluding steroid dienone is 1. The molecule has 0 N–H and O–H groups in total. The molecule has 1 rings (SSSR count). The van der Waals surface area contributed by atoms with Crippen molar-refractivity contribution in [2.75, 3.05) is 12.5 Å². The van der Waals surface area contributed by atoms with Gasteiger partial charge in [-0.1, -0.05) is 0 Å². The molecule has 0 saturated heterocycles. The largest absolute Gasteiger partial charge is 0.434 e. The Hall–Kier alpha value is -1.02. The second-order valence-electron chi connectivity index (χ2n) is 3.02. The lowest BCUT2D eigenvalue weighted by Gasteiger charge is -2.08. The van der Waals surface area contributed by atoms with Crippen molar-refractivity contribution >= 4 is 29.3 Å². The van der Waals surface area contributed by atoms with E-state index < -0.39 is 23.2 Å². The van der Waals surface area contributed by atoms with Gasteiger partial charge in [-0.05, 0) is 12.5 Å². The van der Waals surface area contributed by atoms with Crippen LogP contribution in [0.4, 0.5) is 13.2 Å². The molecule has 3 nitrogen and oxygen atoms in total. The first kappa shape index (κ1) is 15.0. The van der Waals surface area contributed by atoms with E-state index >= 15 is 0 Å². The van der Waals surface area contributed by atoms with Crippen LogP contribution in [0.3, 0.4) is 0 Å². The van der Waals surface area contributed by atoms with Crippen molar-refractivity contribution in [1.29, 1.82) is 0 Å². The molecule has 98 valence electrons. The lowest BCUT2D eigenvalue weighted by atomic mass is 10.1. The normalized spacial score (nSPS) is 11.2. The SMILES string of the molecule is CSC(=CC(=O)c1cncnc1C(F)(F)F)SC. The van der Waals surface area contributed by atoms with Crippen molar-refractivity contribution in [1.82, 2.24) is 9.97 Å². The van der Waals surface area contributed by atoms with Crippen LogP contribution in [0.15, 0.2) is 22.8 Å². The molecule has 18 heavy (non-hydrogen) atoms. The van der Waals surface area contributed by atoms with Crippen LogP contribution < -0.4 is 0 Å². The number of carbonyl (C=O) groups is 1. The summed E-state index contributed by atoms with van der Waals surface area (Å²) in [6, 6.07) is 0. The van der Waals surface area contributed by atoms with Crippen LogP contribution in [0, 0.1) is 0 Å². The quantitative estimate of drug-likeness (QED) is 0.630. The maximum atomic E-state index is 12.6. The van der Waals surface area contributed by atoms with Crippen LogP contribution in [-0.2, 0) is 6.18 Å². The molecule has 0 amide bonds. The molecular weight excluding hydrogens is 285 g/mol. The number of alkyl halides is 3. The molecule has 0 radical (unpaired) electrons. The molecule has 0 aromatic carbocycles.